The van der Waals surface area contributed by atoms with Crippen LogP contribution < -0.4 is 10.1 Å². The van der Waals surface area contributed by atoms with Crippen LogP contribution in [0.2, 0.25) is 5.02 Å². The van der Waals surface area contributed by atoms with Gasteiger partial charge in [-0.3, -0.25) is 4.79 Å². The van der Waals surface area contributed by atoms with Crippen LogP contribution in [0.5, 0.6) is 5.75 Å². The molecule has 0 aliphatic rings. The third kappa shape index (κ3) is 5.87. The maximum atomic E-state index is 13.2. The molecule has 1 aromatic heterocycles. The molecule has 0 aliphatic carbocycles. The first-order valence-corrected chi connectivity index (χ1v) is 9.51. The van der Waals surface area contributed by atoms with Crippen molar-refractivity contribution in [3.05, 3.63) is 77.7 Å². The van der Waals surface area contributed by atoms with Crippen molar-refractivity contribution < 1.29 is 27.9 Å². The molecule has 10 heteroatoms. The Hall–Kier alpha value is -3.30. The monoisotopic (exact) mass is 449 g/mol. The summed E-state index contributed by atoms with van der Waals surface area (Å²) < 4.78 is 36.2. The van der Waals surface area contributed by atoms with Crippen molar-refractivity contribution in [2.45, 2.75) is 18.6 Å². The molecule has 1 unspecified atom stereocenters. The lowest BCUT2D eigenvalue weighted by atomic mass is 10.1. The van der Waals surface area contributed by atoms with Gasteiger partial charge in [0, 0.05) is 28.8 Å². The number of hydrogen-bond acceptors (Lipinski definition) is 6. The number of nitrogens with one attached hydrogen (secondary N) is 1. The van der Waals surface area contributed by atoms with Crippen LogP contribution in [0.4, 0.5) is 8.78 Å². The highest BCUT2D eigenvalue weighted by Crippen LogP contribution is 2.26. The Labute approximate surface area is 181 Å². The molecular weight excluding hydrogens is 432 g/mol. The van der Waals surface area contributed by atoms with E-state index in [9.17, 15) is 18.7 Å². The second-order valence-corrected chi connectivity index (χ2v) is 6.83. The fourth-order valence-electron chi connectivity index (χ4n) is 2.59. The number of amides is 1. The number of hydrogen-bond donors (Lipinski definition) is 2. The van der Waals surface area contributed by atoms with Gasteiger partial charge in [-0.15, -0.1) is 0 Å². The number of ether oxygens (including phenoxy) is 1. The third-order valence-corrected chi connectivity index (χ3v) is 4.43. The van der Waals surface area contributed by atoms with E-state index < -0.39 is 18.1 Å². The van der Waals surface area contributed by atoms with Crippen LogP contribution in [0.3, 0.4) is 0 Å². The quantitative estimate of drug-likeness (QED) is 0.470. The van der Waals surface area contributed by atoms with Gasteiger partial charge in [0.05, 0.1) is 0 Å². The summed E-state index contributed by atoms with van der Waals surface area (Å²) in [6.07, 6.45) is -2.95. The number of aromatic nitrogens is 2. The summed E-state index contributed by atoms with van der Waals surface area (Å²) in [5.41, 5.74) is 0.857. The molecule has 0 saturated carbocycles. The second kappa shape index (κ2) is 9.67. The van der Waals surface area contributed by atoms with Crippen LogP contribution in [0.1, 0.15) is 28.7 Å². The van der Waals surface area contributed by atoms with E-state index in [0.717, 1.165) is 0 Å². The number of carbonyl (C=O) groups excluding carboxylic acids is 1. The lowest BCUT2D eigenvalue weighted by Gasteiger charge is -2.14. The Bertz CT molecular complexity index is 1040. The molecule has 162 valence electrons. The number of carbonyl (C=O) groups is 1. The minimum absolute atomic E-state index is 0.0641. The second-order valence-electron chi connectivity index (χ2n) is 6.39. The number of alkyl halides is 2. The van der Waals surface area contributed by atoms with Gasteiger partial charge in [0.1, 0.15) is 11.8 Å². The maximum absolute atomic E-state index is 13.2. The van der Waals surface area contributed by atoms with E-state index in [4.69, 9.17) is 16.1 Å². The summed E-state index contributed by atoms with van der Waals surface area (Å²) in [6.45, 7) is 2.78. The standard InChI is InChI=1S/C21H18ClF2N3O4/c1-2-21(23,24)30-16-9-5-13(6-10-16)18-26-20(31-27-18)17(11-12-28)25-19(29)14-3-7-15(22)8-4-14/h2-10,17,28H,1,11-12H2,(H,25,29). The molecule has 0 radical (unpaired) electrons. The van der Waals surface area contributed by atoms with Crippen molar-refractivity contribution in [2.75, 3.05) is 6.61 Å². The summed E-state index contributed by atoms with van der Waals surface area (Å²) in [4.78, 5) is 16.7. The van der Waals surface area contributed by atoms with Crippen molar-refractivity contribution >= 4 is 17.5 Å². The number of aliphatic hydroxyl groups excluding tert-OH is 1. The molecule has 0 fully saturated rings. The molecule has 0 bridgehead atoms. The van der Waals surface area contributed by atoms with Gasteiger partial charge in [0.15, 0.2) is 0 Å². The Morgan fingerprint density at radius 3 is 2.55 bits per heavy atom. The highest BCUT2D eigenvalue weighted by molar-refractivity contribution is 6.30. The third-order valence-electron chi connectivity index (χ3n) is 4.17. The zero-order chi connectivity index (χ0) is 22.4. The molecule has 0 saturated heterocycles. The average molecular weight is 450 g/mol. The zero-order valence-electron chi connectivity index (χ0n) is 16.1. The van der Waals surface area contributed by atoms with E-state index in [0.29, 0.717) is 22.2 Å². The summed E-state index contributed by atoms with van der Waals surface area (Å²) >= 11 is 5.83. The fourth-order valence-corrected chi connectivity index (χ4v) is 2.72. The molecule has 0 aliphatic heterocycles. The molecule has 7 nitrogen and oxygen atoms in total. The first-order chi connectivity index (χ1) is 14.8. The lowest BCUT2D eigenvalue weighted by Crippen LogP contribution is -2.29. The van der Waals surface area contributed by atoms with Crippen molar-refractivity contribution in [3.63, 3.8) is 0 Å². The van der Waals surface area contributed by atoms with Gasteiger partial charge in [-0.1, -0.05) is 23.3 Å². The van der Waals surface area contributed by atoms with Crippen molar-refractivity contribution in [3.8, 4) is 17.1 Å². The smallest absolute Gasteiger partial charge is 0.419 e. The average Bonchev–Trinajstić information content (AvgIpc) is 3.24. The summed E-state index contributed by atoms with van der Waals surface area (Å²) in [7, 11) is 0. The molecule has 1 atom stereocenters. The Morgan fingerprint density at radius 1 is 1.26 bits per heavy atom. The minimum Gasteiger partial charge on any atom is -0.429 e. The number of rotatable bonds is 9. The largest absolute Gasteiger partial charge is 0.429 e. The van der Waals surface area contributed by atoms with Crippen molar-refractivity contribution in [2.24, 2.45) is 0 Å². The minimum atomic E-state index is -3.49. The first kappa shape index (κ1) is 22.4. The Morgan fingerprint density at radius 2 is 1.94 bits per heavy atom. The maximum Gasteiger partial charge on any atom is 0.419 e. The summed E-state index contributed by atoms with van der Waals surface area (Å²) in [6, 6.07) is 11.2. The number of nitrogens with zero attached hydrogens (tertiary/aromatic N) is 2. The Balaban J connectivity index is 1.74. The van der Waals surface area contributed by atoms with Crippen LogP contribution in [-0.4, -0.2) is 33.9 Å². The zero-order valence-corrected chi connectivity index (χ0v) is 16.9. The van der Waals surface area contributed by atoms with Crippen LogP contribution in [0, 0.1) is 0 Å². The first-order valence-electron chi connectivity index (χ1n) is 9.13. The van der Waals surface area contributed by atoms with Crippen LogP contribution >= 0.6 is 11.6 Å². The van der Waals surface area contributed by atoms with Gasteiger partial charge in [0.25, 0.3) is 5.91 Å². The number of aliphatic hydroxyl groups is 1. The van der Waals surface area contributed by atoms with E-state index in [1.54, 1.807) is 24.3 Å². The number of halogens is 3. The molecule has 2 N–H and O–H groups in total. The normalized spacial score (nSPS) is 12.3. The van der Waals surface area contributed by atoms with Crippen molar-refractivity contribution in [1.29, 1.82) is 0 Å². The van der Waals surface area contributed by atoms with E-state index >= 15 is 0 Å². The summed E-state index contributed by atoms with van der Waals surface area (Å²) in [5, 5.41) is 16.4. The lowest BCUT2D eigenvalue weighted by molar-refractivity contribution is -0.131. The van der Waals surface area contributed by atoms with Gasteiger partial charge in [0.2, 0.25) is 11.7 Å². The van der Waals surface area contributed by atoms with E-state index in [1.807, 2.05) is 0 Å². The Kier molecular flexibility index (Phi) is 6.98. The van der Waals surface area contributed by atoms with E-state index in [1.165, 1.54) is 24.3 Å². The van der Waals surface area contributed by atoms with Gasteiger partial charge < -0.3 is 19.7 Å². The highest BCUT2D eigenvalue weighted by Gasteiger charge is 2.26. The molecule has 0 spiro atoms. The molecule has 1 amide bonds. The number of benzene rings is 2. The van der Waals surface area contributed by atoms with Gasteiger partial charge >= 0.3 is 6.11 Å². The van der Waals surface area contributed by atoms with Gasteiger partial charge in [-0.2, -0.15) is 13.8 Å². The van der Waals surface area contributed by atoms with E-state index in [2.05, 4.69) is 26.8 Å². The molecular formula is C21H18ClF2N3O4. The van der Waals surface area contributed by atoms with Crippen LogP contribution in [-0.2, 0) is 0 Å². The topological polar surface area (TPSA) is 97.5 Å². The summed E-state index contributed by atoms with van der Waals surface area (Å²) in [5.74, 6) is -0.198. The molecule has 2 aromatic carbocycles. The van der Waals surface area contributed by atoms with Crippen LogP contribution in [0.15, 0.2) is 65.7 Å². The molecule has 3 aromatic rings. The predicted molar refractivity (Wildman–Crippen MR) is 109 cm³/mol. The van der Waals surface area contributed by atoms with E-state index in [-0.39, 0.29) is 30.5 Å². The van der Waals surface area contributed by atoms with Crippen LogP contribution in [0.25, 0.3) is 11.4 Å². The van der Waals surface area contributed by atoms with Gasteiger partial charge in [-0.25, -0.2) is 0 Å². The highest BCUT2D eigenvalue weighted by atomic mass is 35.5. The molecule has 3 rings (SSSR count). The fraction of sp³-hybridized carbons (Fsp3) is 0.190. The molecule has 1 heterocycles. The predicted octanol–water partition coefficient (Wildman–Crippen LogP) is 4.40. The SMILES string of the molecule is C=CC(F)(F)Oc1ccc(-c2noc(C(CCO)NC(=O)c3ccc(Cl)cc3)n2)cc1. The van der Waals surface area contributed by atoms with Gasteiger partial charge in [-0.05, 0) is 55.0 Å². The molecule has 31 heavy (non-hydrogen) atoms. The van der Waals surface area contributed by atoms with Crippen molar-refractivity contribution in [1.82, 2.24) is 15.5 Å².